The minimum absolute atomic E-state index is 0.295. The zero-order valence-corrected chi connectivity index (χ0v) is 17.0. The second-order valence-corrected chi connectivity index (χ2v) is 7.97. The fraction of sp³-hybridized carbons (Fsp3) is 0.333. The van der Waals surface area contributed by atoms with Gasteiger partial charge in [-0.3, -0.25) is 20.4 Å². The lowest BCUT2D eigenvalue weighted by molar-refractivity contribution is -0.117. The van der Waals surface area contributed by atoms with Crippen molar-refractivity contribution >= 4 is 29.2 Å². The van der Waals surface area contributed by atoms with Gasteiger partial charge in [-0.15, -0.1) is 11.3 Å². The Labute approximate surface area is 168 Å². The standard InChI is InChI=1S/C21H24N2O4S/c1-13-4-6-18-15(8-13)11-19(28-18)21(25)23-22-20(24)7-5-14-9-16(26-2)12-17(10-14)27-3/h5,7,9-13H,4,6,8H2,1-3H3,(H,22,24)(H,23,25)/b7-5+/t13-/m0/s1. The van der Waals surface area contributed by atoms with Crippen LogP contribution in [0.1, 0.15) is 39.0 Å². The number of ether oxygens (including phenoxy) is 2. The molecule has 1 aliphatic rings. The zero-order chi connectivity index (χ0) is 20.1. The molecule has 0 saturated heterocycles. The van der Waals surface area contributed by atoms with Gasteiger partial charge in [-0.05, 0) is 60.6 Å². The van der Waals surface area contributed by atoms with Crippen molar-refractivity contribution in [3.8, 4) is 11.5 Å². The Morgan fingerprint density at radius 3 is 2.50 bits per heavy atom. The van der Waals surface area contributed by atoms with Crippen LogP contribution in [-0.4, -0.2) is 26.0 Å². The molecule has 2 aromatic rings. The first-order chi connectivity index (χ1) is 13.5. The van der Waals surface area contributed by atoms with Crippen LogP contribution in [0.25, 0.3) is 6.08 Å². The van der Waals surface area contributed by atoms with Crippen molar-refractivity contribution in [2.24, 2.45) is 5.92 Å². The molecular formula is C21H24N2O4S. The second-order valence-electron chi connectivity index (χ2n) is 6.83. The molecule has 7 heteroatoms. The predicted octanol–water partition coefficient (Wildman–Crippen LogP) is 3.36. The van der Waals surface area contributed by atoms with E-state index in [1.165, 1.54) is 27.9 Å². The molecule has 1 aliphatic carbocycles. The van der Waals surface area contributed by atoms with E-state index in [0.717, 1.165) is 24.8 Å². The van der Waals surface area contributed by atoms with E-state index in [2.05, 4.69) is 17.8 Å². The van der Waals surface area contributed by atoms with E-state index in [-0.39, 0.29) is 5.91 Å². The number of hydrogen-bond acceptors (Lipinski definition) is 5. The van der Waals surface area contributed by atoms with Crippen LogP contribution in [0, 0.1) is 5.92 Å². The van der Waals surface area contributed by atoms with Crippen molar-refractivity contribution in [1.29, 1.82) is 0 Å². The van der Waals surface area contributed by atoms with Crippen molar-refractivity contribution < 1.29 is 19.1 Å². The number of aryl methyl sites for hydroxylation is 1. The summed E-state index contributed by atoms with van der Waals surface area (Å²) >= 11 is 1.51. The number of fused-ring (bicyclic) bond motifs is 1. The number of methoxy groups -OCH3 is 2. The lowest BCUT2D eigenvalue weighted by Crippen LogP contribution is -2.40. The summed E-state index contributed by atoms with van der Waals surface area (Å²) in [6.07, 6.45) is 6.16. The van der Waals surface area contributed by atoms with Crippen LogP contribution in [0.4, 0.5) is 0 Å². The van der Waals surface area contributed by atoms with Crippen LogP contribution < -0.4 is 20.3 Å². The van der Waals surface area contributed by atoms with E-state index in [4.69, 9.17) is 9.47 Å². The van der Waals surface area contributed by atoms with E-state index >= 15 is 0 Å². The van der Waals surface area contributed by atoms with Gasteiger partial charge in [0.15, 0.2) is 0 Å². The third-order valence-corrected chi connectivity index (χ3v) is 5.89. The minimum Gasteiger partial charge on any atom is -0.497 e. The highest BCUT2D eigenvalue weighted by atomic mass is 32.1. The molecule has 2 N–H and O–H groups in total. The molecule has 0 spiro atoms. The first-order valence-corrected chi connectivity index (χ1v) is 9.93. The smallest absolute Gasteiger partial charge is 0.279 e. The van der Waals surface area contributed by atoms with Gasteiger partial charge in [0.25, 0.3) is 11.8 Å². The topological polar surface area (TPSA) is 76.7 Å². The lowest BCUT2D eigenvalue weighted by Gasteiger charge is -2.16. The Kier molecular flexibility index (Phi) is 6.36. The summed E-state index contributed by atoms with van der Waals surface area (Å²) in [5, 5.41) is 0. The summed E-state index contributed by atoms with van der Waals surface area (Å²) in [7, 11) is 3.13. The molecule has 0 saturated carbocycles. The normalized spacial score (nSPS) is 15.8. The summed E-state index contributed by atoms with van der Waals surface area (Å²) in [5.74, 6) is 1.19. The summed E-state index contributed by atoms with van der Waals surface area (Å²) in [4.78, 5) is 26.2. The van der Waals surface area contributed by atoms with E-state index < -0.39 is 5.91 Å². The highest BCUT2D eigenvalue weighted by Gasteiger charge is 2.20. The molecule has 1 atom stereocenters. The quantitative estimate of drug-likeness (QED) is 0.596. The maximum atomic E-state index is 12.3. The number of carbonyl (C=O) groups is 2. The molecule has 0 bridgehead atoms. The maximum Gasteiger partial charge on any atom is 0.279 e. The number of nitrogens with one attached hydrogen (secondary N) is 2. The molecule has 0 radical (unpaired) electrons. The maximum absolute atomic E-state index is 12.3. The molecule has 1 aromatic heterocycles. The van der Waals surface area contributed by atoms with Gasteiger partial charge in [-0.2, -0.15) is 0 Å². The number of hydrogen-bond donors (Lipinski definition) is 2. The Morgan fingerprint density at radius 1 is 1.11 bits per heavy atom. The van der Waals surface area contributed by atoms with Crippen LogP contribution >= 0.6 is 11.3 Å². The molecule has 6 nitrogen and oxygen atoms in total. The van der Waals surface area contributed by atoms with Gasteiger partial charge in [0, 0.05) is 17.0 Å². The van der Waals surface area contributed by atoms with Gasteiger partial charge >= 0.3 is 0 Å². The number of hydrazine groups is 1. The summed E-state index contributed by atoms with van der Waals surface area (Å²) < 4.78 is 10.4. The number of amides is 2. The third kappa shape index (κ3) is 4.92. The van der Waals surface area contributed by atoms with Gasteiger partial charge in [-0.1, -0.05) is 6.92 Å². The van der Waals surface area contributed by atoms with Crippen molar-refractivity contribution in [1.82, 2.24) is 10.9 Å². The van der Waals surface area contributed by atoms with E-state index in [1.807, 2.05) is 6.07 Å². The Bertz CT molecular complexity index is 882. The molecule has 0 fully saturated rings. The van der Waals surface area contributed by atoms with Crippen molar-refractivity contribution in [2.75, 3.05) is 14.2 Å². The molecule has 0 unspecified atom stereocenters. The zero-order valence-electron chi connectivity index (χ0n) is 16.2. The van der Waals surface area contributed by atoms with E-state index in [9.17, 15) is 9.59 Å². The van der Waals surface area contributed by atoms with Gasteiger partial charge in [-0.25, -0.2) is 0 Å². The highest BCUT2D eigenvalue weighted by Crippen LogP contribution is 2.32. The summed E-state index contributed by atoms with van der Waals surface area (Å²) in [6.45, 7) is 2.23. The van der Waals surface area contributed by atoms with E-state index in [1.54, 1.807) is 38.5 Å². The molecule has 1 aromatic carbocycles. The molecule has 1 heterocycles. The van der Waals surface area contributed by atoms with Crippen LogP contribution in [0.15, 0.2) is 30.3 Å². The summed E-state index contributed by atoms with van der Waals surface area (Å²) in [5.41, 5.74) is 6.89. The largest absolute Gasteiger partial charge is 0.497 e. The monoisotopic (exact) mass is 400 g/mol. The van der Waals surface area contributed by atoms with Crippen LogP contribution in [0.5, 0.6) is 11.5 Å². The SMILES string of the molecule is COc1cc(/C=C/C(=O)NNC(=O)c2cc3c(s2)CC[C@H](C)C3)cc(OC)c1. The number of thiophene rings is 1. The molecule has 3 rings (SSSR count). The van der Waals surface area contributed by atoms with Gasteiger partial charge < -0.3 is 9.47 Å². The Hall–Kier alpha value is -2.80. The molecule has 2 amide bonds. The van der Waals surface area contributed by atoms with Crippen LogP contribution in [-0.2, 0) is 17.6 Å². The first-order valence-electron chi connectivity index (χ1n) is 9.11. The van der Waals surface area contributed by atoms with Crippen LogP contribution in [0.2, 0.25) is 0 Å². The fourth-order valence-electron chi connectivity index (χ4n) is 3.14. The van der Waals surface area contributed by atoms with Crippen LogP contribution in [0.3, 0.4) is 0 Å². The van der Waals surface area contributed by atoms with Gasteiger partial charge in [0.1, 0.15) is 11.5 Å². The Balaban J connectivity index is 1.57. The average molecular weight is 401 g/mol. The molecular weight excluding hydrogens is 376 g/mol. The average Bonchev–Trinajstić information content (AvgIpc) is 3.13. The molecule has 0 aliphatic heterocycles. The number of benzene rings is 1. The molecule has 148 valence electrons. The first kappa shape index (κ1) is 19.9. The third-order valence-electron chi connectivity index (χ3n) is 4.65. The number of rotatable bonds is 5. The summed E-state index contributed by atoms with van der Waals surface area (Å²) in [6, 6.07) is 7.25. The number of carbonyl (C=O) groups excluding carboxylic acids is 2. The van der Waals surface area contributed by atoms with Gasteiger partial charge in [0.2, 0.25) is 0 Å². The Morgan fingerprint density at radius 2 is 1.82 bits per heavy atom. The van der Waals surface area contributed by atoms with E-state index in [0.29, 0.717) is 22.3 Å². The lowest BCUT2D eigenvalue weighted by atomic mass is 9.90. The minimum atomic E-state index is -0.426. The van der Waals surface area contributed by atoms with Crippen molar-refractivity contribution in [3.63, 3.8) is 0 Å². The second kappa shape index (κ2) is 8.93. The van der Waals surface area contributed by atoms with Crippen molar-refractivity contribution in [3.05, 3.63) is 51.2 Å². The molecule has 28 heavy (non-hydrogen) atoms. The van der Waals surface area contributed by atoms with Crippen molar-refractivity contribution in [2.45, 2.75) is 26.2 Å². The highest BCUT2D eigenvalue weighted by molar-refractivity contribution is 7.14. The van der Waals surface area contributed by atoms with Gasteiger partial charge in [0.05, 0.1) is 19.1 Å². The fourth-order valence-corrected chi connectivity index (χ4v) is 4.24. The predicted molar refractivity (Wildman–Crippen MR) is 110 cm³/mol.